The maximum Gasteiger partial charge on any atom is 0.341 e. The molecule has 5 nitrogen and oxygen atoms in total. The van der Waals surface area contributed by atoms with E-state index in [-0.39, 0.29) is 11.4 Å². The second-order valence-corrected chi connectivity index (χ2v) is 3.55. The van der Waals surface area contributed by atoms with Gasteiger partial charge in [0.2, 0.25) is 5.88 Å². The molecule has 0 aliphatic heterocycles. The van der Waals surface area contributed by atoms with Crippen molar-refractivity contribution in [1.29, 1.82) is 5.26 Å². The summed E-state index contributed by atoms with van der Waals surface area (Å²) in [7, 11) is 0. The van der Waals surface area contributed by atoms with Gasteiger partial charge in [-0.15, -0.1) is 0 Å². The summed E-state index contributed by atoms with van der Waals surface area (Å²) in [5.41, 5.74) is 0.0715. The highest BCUT2D eigenvalue weighted by molar-refractivity contribution is 5.90. The van der Waals surface area contributed by atoms with Gasteiger partial charge in [0.1, 0.15) is 17.1 Å². The lowest BCUT2D eigenvalue weighted by Crippen LogP contribution is -2.03. The fourth-order valence-corrected chi connectivity index (χ4v) is 1.37. The van der Waals surface area contributed by atoms with E-state index in [1.807, 2.05) is 6.07 Å². The molecule has 0 aliphatic carbocycles. The average molecular weight is 258 g/mol. The van der Waals surface area contributed by atoms with Crippen LogP contribution in [0.5, 0.6) is 11.6 Å². The number of hydrogen-bond acceptors (Lipinski definition) is 4. The molecule has 94 valence electrons. The molecule has 0 unspecified atom stereocenters. The van der Waals surface area contributed by atoms with Crippen molar-refractivity contribution in [3.8, 4) is 17.7 Å². The van der Waals surface area contributed by atoms with Crippen LogP contribution in [0.3, 0.4) is 0 Å². The number of carboxylic acid groups (broad SMARTS) is 1. The van der Waals surface area contributed by atoms with E-state index in [1.54, 1.807) is 0 Å². The Kier molecular flexibility index (Phi) is 3.39. The molecular formula is C13H7FN2O3. The van der Waals surface area contributed by atoms with Gasteiger partial charge in [0.25, 0.3) is 0 Å². The first-order chi connectivity index (χ1) is 9.10. The smallest absolute Gasteiger partial charge is 0.341 e. The molecule has 0 radical (unpaired) electrons. The van der Waals surface area contributed by atoms with Crippen LogP contribution >= 0.6 is 0 Å². The Bertz CT molecular complexity index is 663. The van der Waals surface area contributed by atoms with Crippen LogP contribution in [0.2, 0.25) is 0 Å². The first-order valence-corrected chi connectivity index (χ1v) is 5.17. The summed E-state index contributed by atoms with van der Waals surface area (Å²) in [5, 5.41) is 17.6. The largest absolute Gasteiger partial charge is 0.477 e. The highest BCUT2D eigenvalue weighted by atomic mass is 19.1. The molecular weight excluding hydrogens is 251 g/mol. The van der Waals surface area contributed by atoms with Gasteiger partial charge in [-0.3, -0.25) is 0 Å². The van der Waals surface area contributed by atoms with Gasteiger partial charge in [-0.05, 0) is 30.3 Å². The number of carbonyl (C=O) groups is 1. The van der Waals surface area contributed by atoms with E-state index < -0.39 is 11.8 Å². The summed E-state index contributed by atoms with van der Waals surface area (Å²) in [5.74, 6) is -2.00. The summed E-state index contributed by atoms with van der Waals surface area (Å²) in [6.07, 6.45) is 0.866. The molecule has 0 spiro atoms. The lowest BCUT2D eigenvalue weighted by molar-refractivity contribution is 0.0692. The standard InChI is InChI=1S/C13H7FN2O3/c14-9-5-11(13(17)18)12(16-7-9)19-10-3-1-8(6-15)2-4-10/h1-5,7H,(H,17,18). The van der Waals surface area contributed by atoms with Crippen molar-refractivity contribution in [3.05, 3.63) is 53.5 Å². The summed E-state index contributed by atoms with van der Waals surface area (Å²) >= 11 is 0. The zero-order valence-corrected chi connectivity index (χ0v) is 9.50. The SMILES string of the molecule is N#Cc1ccc(Oc2ncc(F)cc2C(=O)O)cc1. The molecule has 0 amide bonds. The Morgan fingerprint density at radius 1 is 1.37 bits per heavy atom. The fourth-order valence-electron chi connectivity index (χ4n) is 1.37. The monoisotopic (exact) mass is 258 g/mol. The van der Waals surface area contributed by atoms with E-state index in [0.717, 1.165) is 12.3 Å². The second kappa shape index (κ2) is 5.14. The number of hydrogen-bond donors (Lipinski definition) is 1. The highest BCUT2D eigenvalue weighted by Gasteiger charge is 2.15. The first-order valence-electron chi connectivity index (χ1n) is 5.17. The molecule has 1 aromatic carbocycles. The topological polar surface area (TPSA) is 83.2 Å². The summed E-state index contributed by atoms with van der Waals surface area (Å²) in [4.78, 5) is 14.5. The number of nitrogens with zero attached hydrogens (tertiary/aromatic N) is 2. The van der Waals surface area contributed by atoms with Crippen LogP contribution in [0.4, 0.5) is 4.39 Å². The summed E-state index contributed by atoms with van der Waals surface area (Å²) < 4.78 is 18.2. The molecule has 1 aromatic heterocycles. The maximum absolute atomic E-state index is 12.9. The minimum Gasteiger partial charge on any atom is -0.477 e. The lowest BCUT2D eigenvalue weighted by Gasteiger charge is -2.07. The number of nitriles is 1. The van der Waals surface area contributed by atoms with Gasteiger partial charge in [-0.1, -0.05) is 0 Å². The third kappa shape index (κ3) is 2.84. The van der Waals surface area contributed by atoms with E-state index in [9.17, 15) is 9.18 Å². The van der Waals surface area contributed by atoms with Crippen LogP contribution in [0.25, 0.3) is 0 Å². The van der Waals surface area contributed by atoms with Gasteiger partial charge in [-0.2, -0.15) is 5.26 Å². The predicted octanol–water partition coefficient (Wildman–Crippen LogP) is 2.58. The number of rotatable bonds is 3. The van der Waals surface area contributed by atoms with Crippen molar-refractivity contribution in [1.82, 2.24) is 4.98 Å². The zero-order valence-electron chi connectivity index (χ0n) is 9.50. The third-order valence-corrected chi connectivity index (χ3v) is 2.25. The van der Waals surface area contributed by atoms with Crippen LogP contribution in [-0.2, 0) is 0 Å². The third-order valence-electron chi connectivity index (χ3n) is 2.25. The van der Waals surface area contributed by atoms with Crippen LogP contribution in [0, 0.1) is 17.1 Å². The Hall–Kier alpha value is -2.94. The Balaban J connectivity index is 2.32. The van der Waals surface area contributed by atoms with Crippen LogP contribution in [-0.4, -0.2) is 16.1 Å². The molecule has 2 aromatic rings. The minimum absolute atomic E-state index is 0.210. The number of aromatic nitrogens is 1. The molecule has 1 heterocycles. The number of pyridine rings is 1. The number of carboxylic acids is 1. The molecule has 0 atom stereocenters. The molecule has 19 heavy (non-hydrogen) atoms. The van der Waals surface area contributed by atoms with Gasteiger partial charge in [-0.25, -0.2) is 14.2 Å². The molecule has 6 heteroatoms. The molecule has 1 N–H and O–H groups in total. The van der Waals surface area contributed by atoms with E-state index >= 15 is 0 Å². The van der Waals surface area contributed by atoms with E-state index in [2.05, 4.69) is 4.98 Å². The first kappa shape index (κ1) is 12.5. The molecule has 0 bridgehead atoms. The van der Waals surface area contributed by atoms with Gasteiger partial charge in [0.15, 0.2) is 0 Å². The van der Waals surface area contributed by atoms with Crippen LogP contribution in [0.1, 0.15) is 15.9 Å². The lowest BCUT2D eigenvalue weighted by atomic mass is 10.2. The van der Waals surface area contributed by atoms with Crippen LogP contribution < -0.4 is 4.74 Å². The van der Waals surface area contributed by atoms with Crippen molar-refractivity contribution < 1.29 is 19.0 Å². The Labute approximate surface area is 107 Å². The van der Waals surface area contributed by atoms with E-state index in [4.69, 9.17) is 15.1 Å². The quantitative estimate of drug-likeness (QED) is 0.914. The molecule has 0 saturated carbocycles. The van der Waals surface area contributed by atoms with E-state index in [0.29, 0.717) is 11.3 Å². The van der Waals surface area contributed by atoms with Crippen molar-refractivity contribution in [2.75, 3.05) is 0 Å². The number of halogens is 1. The maximum atomic E-state index is 12.9. The molecule has 2 rings (SSSR count). The van der Waals surface area contributed by atoms with Crippen molar-refractivity contribution >= 4 is 5.97 Å². The van der Waals surface area contributed by atoms with Crippen LogP contribution in [0.15, 0.2) is 36.5 Å². The molecule has 0 aliphatic rings. The second-order valence-electron chi connectivity index (χ2n) is 3.55. The normalized spacial score (nSPS) is 9.68. The van der Waals surface area contributed by atoms with Crippen molar-refractivity contribution in [3.63, 3.8) is 0 Å². The minimum atomic E-state index is -1.34. The van der Waals surface area contributed by atoms with Gasteiger partial charge >= 0.3 is 5.97 Å². The number of aromatic carboxylic acids is 1. The zero-order chi connectivity index (χ0) is 13.8. The van der Waals surface area contributed by atoms with Gasteiger partial charge in [0, 0.05) is 0 Å². The van der Waals surface area contributed by atoms with Crippen molar-refractivity contribution in [2.24, 2.45) is 0 Å². The van der Waals surface area contributed by atoms with E-state index in [1.165, 1.54) is 24.3 Å². The summed E-state index contributed by atoms with van der Waals surface area (Å²) in [6, 6.07) is 8.78. The average Bonchev–Trinajstić information content (AvgIpc) is 2.41. The van der Waals surface area contributed by atoms with Gasteiger partial charge in [0.05, 0.1) is 17.8 Å². The fraction of sp³-hybridized carbons (Fsp3) is 0. The highest BCUT2D eigenvalue weighted by Crippen LogP contribution is 2.23. The molecule has 0 saturated heterocycles. The summed E-state index contributed by atoms with van der Waals surface area (Å²) in [6.45, 7) is 0. The Morgan fingerprint density at radius 2 is 2.05 bits per heavy atom. The number of ether oxygens (including phenoxy) is 1. The van der Waals surface area contributed by atoms with Gasteiger partial charge < -0.3 is 9.84 Å². The molecule has 0 fully saturated rings. The van der Waals surface area contributed by atoms with Crippen molar-refractivity contribution in [2.45, 2.75) is 0 Å². The Morgan fingerprint density at radius 3 is 2.63 bits per heavy atom. The predicted molar refractivity (Wildman–Crippen MR) is 62.4 cm³/mol. The number of benzene rings is 1.